The minimum absolute atomic E-state index is 0.150. The third-order valence-corrected chi connectivity index (χ3v) is 3.89. The summed E-state index contributed by atoms with van der Waals surface area (Å²) >= 11 is 0. The number of azide groups is 1. The van der Waals surface area contributed by atoms with E-state index in [9.17, 15) is 18.4 Å². The highest BCUT2D eigenvalue weighted by Crippen LogP contribution is 2.29. The Kier molecular flexibility index (Phi) is 6.63. The first-order chi connectivity index (χ1) is 13.1. The average molecular weight is 396 g/mol. The normalized spacial score (nSPS) is 14.3. The van der Waals surface area contributed by atoms with Gasteiger partial charge in [-0.2, -0.15) is 0 Å². The van der Waals surface area contributed by atoms with Gasteiger partial charge in [-0.1, -0.05) is 5.11 Å². The van der Waals surface area contributed by atoms with Crippen molar-refractivity contribution in [1.29, 1.82) is 0 Å². The van der Waals surface area contributed by atoms with Crippen LogP contribution in [0.15, 0.2) is 17.2 Å². The monoisotopic (exact) mass is 396 g/mol. The summed E-state index contributed by atoms with van der Waals surface area (Å²) in [6.07, 6.45) is -0.691. The second-order valence-corrected chi connectivity index (χ2v) is 7.17. The number of carbonyl (C=O) groups is 2. The van der Waals surface area contributed by atoms with E-state index < -0.39 is 23.3 Å². The molecule has 0 aromatic heterocycles. The Balaban J connectivity index is 1.91. The second-order valence-electron chi connectivity index (χ2n) is 7.17. The molecule has 28 heavy (non-hydrogen) atoms. The van der Waals surface area contributed by atoms with Crippen molar-refractivity contribution in [2.24, 2.45) is 5.11 Å². The molecule has 1 heterocycles. The van der Waals surface area contributed by atoms with Gasteiger partial charge < -0.3 is 19.9 Å². The molecule has 0 aliphatic carbocycles. The van der Waals surface area contributed by atoms with Gasteiger partial charge in [0.05, 0.1) is 0 Å². The summed E-state index contributed by atoms with van der Waals surface area (Å²) in [4.78, 5) is 29.3. The molecule has 2 rings (SSSR count). The molecule has 1 fully saturated rings. The number of anilines is 1. The first kappa shape index (κ1) is 21.2. The fourth-order valence-electron chi connectivity index (χ4n) is 2.72. The lowest BCUT2D eigenvalue weighted by Gasteiger charge is -2.36. The Hall–Kier alpha value is -3.07. The standard InChI is InChI=1S/C17H22F2N6O3/c1-17(2,3)28-16(27)21-10-14(26)24-4-6-25(7-5-24)15-12(18)8-11(22-23-20)9-13(15)19/h8-9H,4-7,10H2,1-3H3,(H,21,27). The molecule has 0 saturated carbocycles. The number of rotatable bonds is 4. The van der Waals surface area contributed by atoms with E-state index in [0.29, 0.717) is 0 Å². The van der Waals surface area contributed by atoms with E-state index in [0.717, 1.165) is 12.1 Å². The summed E-state index contributed by atoms with van der Waals surface area (Å²) in [6, 6.07) is 1.92. The summed E-state index contributed by atoms with van der Waals surface area (Å²) < 4.78 is 33.5. The van der Waals surface area contributed by atoms with Crippen LogP contribution in [0.5, 0.6) is 0 Å². The molecular weight excluding hydrogens is 374 g/mol. The summed E-state index contributed by atoms with van der Waals surface area (Å²) in [5.74, 6) is -1.99. The maximum atomic E-state index is 14.2. The Labute approximate surface area is 160 Å². The molecule has 1 saturated heterocycles. The van der Waals surface area contributed by atoms with Crippen molar-refractivity contribution in [2.45, 2.75) is 26.4 Å². The number of halogens is 2. The Morgan fingerprint density at radius 2 is 1.79 bits per heavy atom. The van der Waals surface area contributed by atoms with Gasteiger partial charge in [0.2, 0.25) is 5.91 Å². The molecule has 1 aromatic rings. The van der Waals surface area contributed by atoms with E-state index in [-0.39, 0.29) is 50.0 Å². The third-order valence-electron chi connectivity index (χ3n) is 3.89. The molecule has 1 aliphatic heterocycles. The van der Waals surface area contributed by atoms with Gasteiger partial charge in [0, 0.05) is 36.8 Å². The Morgan fingerprint density at radius 1 is 1.21 bits per heavy atom. The second kappa shape index (κ2) is 8.75. The van der Waals surface area contributed by atoms with Gasteiger partial charge in [0.1, 0.15) is 29.5 Å². The molecule has 1 aromatic carbocycles. The Bertz CT molecular complexity index is 774. The number of amides is 2. The molecule has 0 radical (unpaired) electrons. The van der Waals surface area contributed by atoms with E-state index in [4.69, 9.17) is 10.3 Å². The van der Waals surface area contributed by atoms with Gasteiger partial charge in [-0.05, 0) is 38.4 Å². The summed E-state index contributed by atoms with van der Waals surface area (Å²) in [6.45, 7) is 5.83. The number of hydrogen-bond donors (Lipinski definition) is 1. The van der Waals surface area contributed by atoms with Crippen LogP contribution in [0.3, 0.4) is 0 Å². The van der Waals surface area contributed by atoms with Crippen molar-refractivity contribution in [1.82, 2.24) is 10.2 Å². The number of hydrogen-bond acceptors (Lipinski definition) is 5. The number of benzene rings is 1. The quantitative estimate of drug-likeness (QED) is 0.479. The van der Waals surface area contributed by atoms with Gasteiger partial charge >= 0.3 is 6.09 Å². The molecular formula is C17H22F2N6O3. The Morgan fingerprint density at radius 3 is 2.29 bits per heavy atom. The minimum atomic E-state index is -0.839. The zero-order valence-electron chi connectivity index (χ0n) is 15.9. The molecule has 0 spiro atoms. The fourth-order valence-corrected chi connectivity index (χ4v) is 2.72. The predicted octanol–water partition coefficient (Wildman–Crippen LogP) is 3.08. The lowest BCUT2D eigenvalue weighted by Crippen LogP contribution is -2.51. The van der Waals surface area contributed by atoms with Crippen LogP contribution in [0, 0.1) is 11.6 Å². The zero-order valence-corrected chi connectivity index (χ0v) is 15.9. The minimum Gasteiger partial charge on any atom is -0.444 e. The molecule has 1 aliphatic rings. The van der Waals surface area contributed by atoms with Crippen molar-refractivity contribution in [3.63, 3.8) is 0 Å². The van der Waals surface area contributed by atoms with Gasteiger partial charge in [0.25, 0.3) is 0 Å². The van der Waals surface area contributed by atoms with E-state index in [1.807, 2.05) is 0 Å². The largest absolute Gasteiger partial charge is 0.444 e. The molecule has 152 valence electrons. The molecule has 2 amide bonds. The highest BCUT2D eigenvalue weighted by molar-refractivity contribution is 5.82. The van der Waals surface area contributed by atoms with Crippen molar-refractivity contribution in [2.75, 3.05) is 37.6 Å². The number of alkyl carbamates (subject to hydrolysis) is 1. The topological polar surface area (TPSA) is 111 Å². The number of ether oxygens (including phenoxy) is 1. The first-order valence-corrected chi connectivity index (χ1v) is 8.64. The maximum Gasteiger partial charge on any atom is 0.408 e. The molecule has 0 unspecified atom stereocenters. The van der Waals surface area contributed by atoms with Crippen LogP contribution in [0.4, 0.5) is 25.0 Å². The van der Waals surface area contributed by atoms with Crippen molar-refractivity contribution in [3.05, 3.63) is 34.2 Å². The van der Waals surface area contributed by atoms with Crippen LogP contribution in [0.1, 0.15) is 20.8 Å². The van der Waals surface area contributed by atoms with Crippen LogP contribution in [0.2, 0.25) is 0 Å². The van der Waals surface area contributed by atoms with Crippen LogP contribution < -0.4 is 10.2 Å². The first-order valence-electron chi connectivity index (χ1n) is 8.64. The average Bonchev–Trinajstić information content (AvgIpc) is 2.58. The maximum absolute atomic E-state index is 14.2. The SMILES string of the molecule is CC(C)(C)OC(=O)NCC(=O)N1CCN(c2c(F)cc(N=[N+]=[N-])cc2F)CC1. The summed E-state index contributed by atoms with van der Waals surface area (Å²) in [5, 5.41) is 5.58. The van der Waals surface area contributed by atoms with Crippen molar-refractivity contribution >= 4 is 23.4 Å². The summed E-state index contributed by atoms with van der Waals surface area (Å²) in [7, 11) is 0. The van der Waals surface area contributed by atoms with Crippen LogP contribution in [-0.2, 0) is 9.53 Å². The highest BCUT2D eigenvalue weighted by Gasteiger charge is 2.26. The highest BCUT2D eigenvalue weighted by atomic mass is 19.1. The number of nitrogens with one attached hydrogen (secondary N) is 1. The van der Waals surface area contributed by atoms with Crippen molar-refractivity contribution in [3.8, 4) is 0 Å². The van der Waals surface area contributed by atoms with E-state index in [1.165, 1.54) is 9.80 Å². The molecule has 0 atom stereocenters. The lowest BCUT2D eigenvalue weighted by molar-refractivity contribution is -0.130. The molecule has 0 bridgehead atoms. The molecule has 11 heteroatoms. The summed E-state index contributed by atoms with van der Waals surface area (Å²) in [5.41, 5.74) is 7.32. The van der Waals surface area contributed by atoms with Gasteiger partial charge in [-0.25, -0.2) is 13.6 Å². The van der Waals surface area contributed by atoms with Crippen LogP contribution >= 0.6 is 0 Å². The number of carbonyl (C=O) groups excluding carboxylic acids is 2. The van der Waals surface area contributed by atoms with Gasteiger partial charge in [-0.15, -0.1) is 0 Å². The third kappa shape index (κ3) is 5.71. The smallest absolute Gasteiger partial charge is 0.408 e. The van der Waals surface area contributed by atoms with E-state index >= 15 is 0 Å². The molecule has 9 nitrogen and oxygen atoms in total. The number of nitrogens with zero attached hydrogens (tertiary/aromatic N) is 5. The predicted molar refractivity (Wildman–Crippen MR) is 98.2 cm³/mol. The van der Waals surface area contributed by atoms with Gasteiger partial charge in [-0.3, -0.25) is 4.79 Å². The van der Waals surface area contributed by atoms with E-state index in [2.05, 4.69) is 15.3 Å². The zero-order chi connectivity index (χ0) is 20.9. The molecule has 1 N–H and O–H groups in total. The van der Waals surface area contributed by atoms with E-state index in [1.54, 1.807) is 20.8 Å². The van der Waals surface area contributed by atoms with Gasteiger partial charge in [0.15, 0.2) is 0 Å². The fraction of sp³-hybridized carbons (Fsp3) is 0.529. The van der Waals surface area contributed by atoms with Crippen LogP contribution in [0.25, 0.3) is 10.4 Å². The van der Waals surface area contributed by atoms with Crippen molar-refractivity contribution < 1.29 is 23.1 Å². The lowest BCUT2D eigenvalue weighted by atomic mass is 10.2. The number of piperazine rings is 1. The van der Waals surface area contributed by atoms with Crippen LogP contribution in [-0.4, -0.2) is 55.2 Å².